The molecule has 4 nitrogen and oxygen atoms in total. The van der Waals surface area contributed by atoms with Gasteiger partial charge in [0, 0.05) is 18.6 Å². The van der Waals surface area contributed by atoms with E-state index in [4.69, 9.17) is 5.11 Å². The highest BCUT2D eigenvalue weighted by Gasteiger charge is 2.23. The lowest BCUT2D eigenvalue weighted by atomic mass is 10.2. The van der Waals surface area contributed by atoms with Crippen LogP contribution in [0.15, 0.2) is 0 Å². The molecular formula is C13H29N3O. The van der Waals surface area contributed by atoms with Crippen molar-refractivity contribution in [3.05, 3.63) is 0 Å². The van der Waals surface area contributed by atoms with Crippen molar-refractivity contribution in [3.8, 4) is 0 Å². The predicted molar refractivity (Wildman–Crippen MR) is 72.3 cm³/mol. The van der Waals surface area contributed by atoms with Crippen LogP contribution in [0.3, 0.4) is 0 Å². The zero-order valence-corrected chi connectivity index (χ0v) is 11.7. The molecule has 0 aromatic heterocycles. The number of aliphatic hydroxyl groups is 1. The van der Waals surface area contributed by atoms with E-state index in [0.29, 0.717) is 0 Å². The second kappa shape index (κ2) is 8.03. The van der Waals surface area contributed by atoms with E-state index < -0.39 is 0 Å². The first-order valence-electron chi connectivity index (χ1n) is 6.92. The van der Waals surface area contributed by atoms with Gasteiger partial charge in [0.25, 0.3) is 0 Å². The van der Waals surface area contributed by atoms with Crippen LogP contribution in [-0.2, 0) is 0 Å². The number of likely N-dealkylation sites (N-methyl/N-ethyl adjacent to an activating group) is 3. The van der Waals surface area contributed by atoms with Gasteiger partial charge in [0.1, 0.15) is 0 Å². The van der Waals surface area contributed by atoms with E-state index in [1.165, 1.54) is 25.9 Å². The minimum absolute atomic E-state index is 0.231. The molecule has 2 N–H and O–H groups in total. The zero-order valence-electron chi connectivity index (χ0n) is 11.7. The largest absolute Gasteiger partial charge is 0.395 e. The number of hydrogen-bond acceptors (Lipinski definition) is 4. The van der Waals surface area contributed by atoms with Gasteiger partial charge in [-0.05, 0) is 53.0 Å². The molecule has 1 saturated heterocycles. The Kier molecular flexibility index (Phi) is 7.04. The van der Waals surface area contributed by atoms with E-state index in [1.807, 2.05) is 7.05 Å². The fraction of sp³-hybridized carbons (Fsp3) is 1.00. The van der Waals surface area contributed by atoms with Crippen molar-refractivity contribution < 1.29 is 5.11 Å². The number of likely N-dealkylation sites (tertiary alicyclic amines) is 1. The summed E-state index contributed by atoms with van der Waals surface area (Å²) < 4.78 is 0. The van der Waals surface area contributed by atoms with Crippen LogP contribution in [0.25, 0.3) is 0 Å². The third-order valence-electron chi connectivity index (χ3n) is 3.92. The van der Waals surface area contributed by atoms with Gasteiger partial charge in [-0.15, -0.1) is 0 Å². The van der Waals surface area contributed by atoms with Crippen LogP contribution in [0.5, 0.6) is 0 Å². The molecule has 102 valence electrons. The lowest BCUT2D eigenvalue weighted by molar-refractivity contribution is 0.183. The Labute approximate surface area is 106 Å². The maximum absolute atomic E-state index is 9.11. The molecule has 0 aromatic carbocycles. The Bertz CT molecular complexity index is 197. The number of nitrogens with zero attached hydrogens (tertiary/aromatic N) is 2. The summed E-state index contributed by atoms with van der Waals surface area (Å²) in [4.78, 5) is 4.98. The van der Waals surface area contributed by atoms with Crippen molar-refractivity contribution in [2.24, 2.45) is 0 Å². The smallest absolute Gasteiger partial charge is 0.0585 e. The summed E-state index contributed by atoms with van der Waals surface area (Å²) in [6, 6.07) is 0.982. The van der Waals surface area contributed by atoms with Gasteiger partial charge in [0.05, 0.1) is 6.61 Å². The van der Waals surface area contributed by atoms with Crippen molar-refractivity contribution in [1.82, 2.24) is 15.1 Å². The molecule has 17 heavy (non-hydrogen) atoms. The van der Waals surface area contributed by atoms with Crippen LogP contribution in [0.4, 0.5) is 0 Å². The van der Waals surface area contributed by atoms with Crippen LogP contribution in [0, 0.1) is 0 Å². The highest BCUT2D eigenvalue weighted by molar-refractivity contribution is 4.80. The average molecular weight is 243 g/mol. The van der Waals surface area contributed by atoms with Gasteiger partial charge >= 0.3 is 0 Å². The highest BCUT2D eigenvalue weighted by Crippen LogP contribution is 2.17. The summed E-state index contributed by atoms with van der Waals surface area (Å²) in [7, 11) is 4.10. The van der Waals surface area contributed by atoms with E-state index >= 15 is 0 Å². The Morgan fingerprint density at radius 1 is 1.53 bits per heavy atom. The Hall–Kier alpha value is -0.160. The third kappa shape index (κ3) is 4.92. The molecule has 4 heteroatoms. The monoisotopic (exact) mass is 243 g/mol. The predicted octanol–water partition coefficient (Wildman–Crippen LogP) is 0.373. The third-order valence-corrected chi connectivity index (χ3v) is 3.92. The number of rotatable bonds is 8. The lowest BCUT2D eigenvalue weighted by Gasteiger charge is -2.28. The summed E-state index contributed by atoms with van der Waals surface area (Å²) >= 11 is 0. The van der Waals surface area contributed by atoms with E-state index in [1.54, 1.807) is 0 Å². The molecule has 2 unspecified atom stereocenters. The minimum atomic E-state index is 0.231. The summed E-state index contributed by atoms with van der Waals surface area (Å²) in [5.41, 5.74) is 0. The number of aliphatic hydroxyl groups excluding tert-OH is 1. The number of nitrogens with one attached hydrogen (secondary N) is 1. The molecule has 1 heterocycles. The standard InChI is InChI=1S/C13H29N3O/c1-4-16-8-5-6-13(16)10-15(3)9-7-12(11-17)14-2/h12-14,17H,4-11H2,1-3H3. The van der Waals surface area contributed by atoms with Gasteiger partial charge < -0.3 is 15.3 Å². The van der Waals surface area contributed by atoms with E-state index in [9.17, 15) is 0 Å². The number of hydrogen-bond donors (Lipinski definition) is 2. The van der Waals surface area contributed by atoms with Gasteiger partial charge in [-0.1, -0.05) is 6.92 Å². The fourth-order valence-electron chi connectivity index (χ4n) is 2.67. The quantitative estimate of drug-likeness (QED) is 0.646. The first-order chi connectivity index (χ1) is 8.21. The van der Waals surface area contributed by atoms with E-state index in [0.717, 1.165) is 25.6 Å². The van der Waals surface area contributed by atoms with Crippen molar-refractivity contribution in [1.29, 1.82) is 0 Å². The molecule has 0 bridgehead atoms. The Morgan fingerprint density at radius 3 is 2.88 bits per heavy atom. The molecule has 2 atom stereocenters. The SMILES string of the molecule is CCN1CCCC1CN(C)CCC(CO)NC. The van der Waals surface area contributed by atoms with Crippen LogP contribution >= 0.6 is 0 Å². The van der Waals surface area contributed by atoms with Gasteiger partial charge in [0.15, 0.2) is 0 Å². The minimum Gasteiger partial charge on any atom is -0.395 e. The molecule has 0 amide bonds. The molecule has 1 aliphatic heterocycles. The van der Waals surface area contributed by atoms with Gasteiger partial charge in [-0.25, -0.2) is 0 Å². The van der Waals surface area contributed by atoms with Crippen LogP contribution < -0.4 is 5.32 Å². The van der Waals surface area contributed by atoms with Gasteiger partial charge in [-0.2, -0.15) is 0 Å². The zero-order chi connectivity index (χ0) is 12.7. The van der Waals surface area contributed by atoms with E-state index in [2.05, 4.69) is 29.1 Å². The molecule has 0 radical (unpaired) electrons. The van der Waals surface area contributed by atoms with Crippen LogP contribution in [-0.4, -0.2) is 73.9 Å². The second-order valence-electron chi connectivity index (χ2n) is 5.14. The van der Waals surface area contributed by atoms with Crippen molar-refractivity contribution in [3.63, 3.8) is 0 Å². The first-order valence-corrected chi connectivity index (χ1v) is 6.92. The van der Waals surface area contributed by atoms with Crippen molar-refractivity contribution >= 4 is 0 Å². The molecule has 1 fully saturated rings. The van der Waals surface area contributed by atoms with Gasteiger partial charge in [0.2, 0.25) is 0 Å². The summed E-state index contributed by atoms with van der Waals surface area (Å²) in [5, 5.41) is 12.2. The van der Waals surface area contributed by atoms with Crippen LogP contribution in [0.1, 0.15) is 26.2 Å². The molecule has 1 rings (SSSR count). The normalized spacial score (nSPS) is 23.5. The molecule has 0 spiro atoms. The molecular weight excluding hydrogens is 214 g/mol. The van der Waals surface area contributed by atoms with Crippen LogP contribution in [0.2, 0.25) is 0 Å². The fourth-order valence-corrected chi connectivity index (χ4v) is 2.67. The lowest BCUT2D eigenvalue weighted by Crippen LogP contribution is -2.40. The highest BCUT2D eigenvalue weighted by atomic mass is 16.3. The summed E-state index contributed by atoms with van der Waals surface area (Å²) in [6.07, 6.45) is 3.71. The maximum Gasteiger partial charge on any atom is 0.0585 e. The summed E-state index contributed by atoms with van der Waals surface area (Å²) in [5.74, 6) is 0. The first kappa shape index (κ1) is 14.9. The Morgan fingerprint density at radius 2 is 2.29 bits per heavy atom. The maximum atomic E-state index is 9.11. The Balaban J connectivity index is 2.22. The topological polar surface area (TPSA) is 38.7 Å². The van der Waals surface area contributed by atoms with Crippen molar-refractivity contribution in [2.75, 3.05) is 46.9 Å². The molecule has 0 aliphatic carbocycles. The molecule has 0 aromatic rings. The molecule has 1 aliphatic rings. The second-order valence-corrected chi connectivity index (χ2v) is 5.14. The summed E-state index contributed by atoms with van der Waals surface area (Å²) in [6.45, 7) is 7.14. The van der Waals surface area contributed by atoms with E-state index in [-0.39, 0.29) is 12.6 Å². The average Bonchev–Trinajstić information content (AvgIpc) is 2.77. The van der Waals surface area contributed by atoms with Crippen molar-refractivity contribution in [2.45, 2.75) is 38.3 Å². The molecule has 0 saturated carbocycles. The van der Waals surface area contributed by atoms with Gasteiger partial charge in [-0.3, -0.25) is 4.90 Å².